The highest BCUT2D eigenvalue weighted by atomic mass is 19.4. The van der Waals surface area contributed by atoms with Crippen molar-refractivity contribution in [3.8, 4) is 0 Å². The average molecular weight is 283 g/mol. The monoisotopic (exact) mass is 283 g/mol. The number of hydrogen-bond acceptors (Lipinski definition) is 5. The summed E-state index contributed by atoms with van der Waals surface area (Å²) >= 11 is 0. The Kier molecular flexibility index (Phi) is 5.04. The van der Waals surface area contributed by atoms with Gasteiger partial charge in [0.2, 0.25) is 5.89 Å². The molecule has 19 heavy (non-hydrogen) atoms. The second-order valence-corrected chi connectivity index (χ2v) is 4.34. The molecule has 0 unspecified atom stereocenters. The lowest BCUT2D eigenvalue weighted by molar-refractivity contribution is -0.192. The van der Waals surface area contributed by atoms with E-state index in [0.717, 1.165) is 0 Å². The van der Waals surface area contributed by atoms with E-state index in [9.17, 15) is 18.0 Å². The molecule has 1 rings (SSSR count). The standard InChI is InChI=1S/C7H11N3O2.C2HF3O2/c1-7(2,3)6-9-5(4(8)11)10-12-6;3-2(4,5)1(6)7/h1-3H3,(H2,8,11);(H,6,7). The van der Waals surface area contributed by atoms with Gasteiger partial charge in [-0.2, -0.15) is 18.2 Å². The summed E-state index contributed by atoms with van der Waals surface area (Å²) in [5, 5.41) is 10.5. The van der Waals surface area contributed by atoms with Crippen LogP contribution in [0.2, 0.25) is 0 Å². The van der Waals surface area contributed by atoms with Crippen LogP contribution in [0.25, 0.3) is 0 Å². The largest absolute Gasteiger partial charge is 0.490 e. The van der Waals surface area contributed by atoms with Gasteiger partial charge in [-0.05, 0) is 0 Å². The molecule has 0 aliphatic rings. The molecule has 0 saturated heterocycles. The van der Waals surface area contributed by atoms with Crippen molar-refractivity contribution in [2.75, 3.05) is 0 Å². The minimum atomic E-state index is -5.08. The Labute approximate surface area is 105 Å². The summed E-state index contributed by atoms with van der Waals surface area (Å²) in [5.41, 5.74) is 4.70. The van der Waals surface area contributed by atoms with Crippen molar-refractivity contribution in [1.29, 1.82) is 0 Å². The van der Waals surface area contributed by atoms with Gasteiger partial charge in [-0.25, -0.2) is 4.79 Å². The summed E-state index contributed by atoms with van der Waals surface area (Å²) < 4.78 is 36.6. The number of carbonyl (C=O) groups is 2. The molecule has 3 N–H and O–H groups in total. The van der Waals surface area contributed by atoms with E-state index in [-0.39, 0.29) is 11.2 Å². The van der Waals surface area contributed by atoms with Crippen LogP contribution in [0.5, 0.6) is 0 Å². The van der Waals surface area contributed by atoms with E-state index in [1.807, 2.05) is 20.8 Å². The zero-order chi connectivity index (χ0) is 15.4. The first kappa shape index (κ1) is 16.9. The third-order valence-corrected chi connectivity index (χ3v) is 1.53. The Hall–Kier alpha value is -2.13. The summed E-state index contributed by atoms with van der Waals surface area (Å²) in [6, 6.07) is 0. The predicted molar refractivity (Wildman–Crippen MR) is 55.2 cm³/mol. The quantitative estimate of drug-likeness (QED) is 0.796. The smallest absolute Gasteiger partial charge is 0.475 e. The fourth-order valence-corrected chi connectivity index (χ4v) is 0.628. The second kappa shape index (κ2) is 5.67. The maximum atomic E-state index is 10.6. The van der Waals surface area contributed by atoms with Gasteiger partial charge in [-0.3, -0.25) is 4.79 Å². The third kappa shape index (κ3) is 5.84. The molecule has 0 aromatic carbocycles. The number of hydrogen-bond donors (Lipinski definition) is 2. The number of aromatic nitrogens is 2. The van der Waals surface area contributed by atoms with Gasteiger partial charge in [0.1, 0.15) is 0 Å². The molecule has 0 radical (unpaired) electrons. The Balaban J connectivity index is 0.000000399. The van der Waals surface area contributed by atoms with Crippen LogP contribution in [0.3, 0.4) is 0 Å². The van der Waals surface area contributed by atoms with Crippen molar-refractivity contribution in [1.82, 2.24) is 10.1 Å². The van der Waals surface area contributed by atoms with Crippen LogP contribution >= 0.6 is 0 Å². The highest BCUT2D eigenvalue weighted by Gasteiger charge is 2.38. The van der Waals surface area contributed by atoms with Crippen molar-refractivity contribution >= 4 is 11.9 Å². The predicted octanol–water partition coefficient (Wildman–Crippen LogP) is 1.10. The van der Waals surface area contributed by atoms with E-state index in [2.05, 4.69) is 10.1 Å². The molecule has 1 heterocycles. The van der Waals surface area contributed by atoms with Gasteiger partial charge >= 0.3 is 12.1 Å². The van der Waals surface area contributed by atoms with Gasteiger partial charge in [0.15, 0.2) is 0 Å². The lowest BCUT2D eigenvalue weighted by Crippen LogP contribution is -2.21. The molecular formula is C9H12F3N3O4. The third-order valence-electron chi connectivity index (χ3n) is 1.53. The van der Waals surface area contributed by atoms with Crippen molar-refractivity contribution < 1.29 is 32.4 Å². The normalized spacial score (nSPS) is 11.5. The zero-order valence-corrected chi connectivity index (χ0v) is 10.3. The van der Waals surface area contributed by atoms with E-state index in [1.165, 1.54) is 0 Å². The molecule has 0 atom stereocenters. The number of alkyl halides is 3. The number of nitrogens with two attached hydrogens (primary N) is 1. The Bertz CT molecular complexity index is 462. The van der Waals surface area contributed by atoms with E-state index in [4.69, 9.17) is 20.2 Å². The number of carboxylic acids is 1. The first-order valence-electron chi connectivity index (χ1n) is 4.79. The van der Waals surface area contributed by atoms with Crippen LogP contribution in [0.1, 0.15) is 37.3 Å². The molecule has 1 amide bonds. The van der Waals surface area contributed by atoms with Crippen LogP contribution in [-0.2, 0) is 10.2 Å². The van der Waals surface area contributed by atoms with Gasteiger partial charge in [-0.15, -0.1) is 0 Å². The van der Waals surface area contributed by atoms with Crippen molar-refractivity contribution in [2.24, 2.45) is 5.73 Å². The van der Waals surface area contributed by atoms with E-state index >= 15 is 0 Å². The van der Waals surface area contributed by atoms with Gasteiger partial charge < -0.3 is 15.4 Å². The van der Waals surface area contributed by atoms with E-state index < -0.39 is 18.1 Å². The van der Waals surface area contributed by atoms with Crippen LogP contribution in [0, 0.1) is 0 Å². The van der Waals surface area contributed by atoms with Crippen LogP contribution in [-0.4, -0.2) is 33.3 Å². The second-order valence-electron chi connectivity index (χ2n) is 4.34. The zero-order valence-electron chi connectivity index (χ0n) is 10.3. The Morgan fingerprint density at radius 2 is 1.68 bits per heavy atom. The molecule has 7 nitrogen and oxygen atoms in total. The molecule has 10 heteroatoms. The Morgan fingerprint density at radius 1 is 1.26 bits per heavy atom. The van der Waals surface area contributed by atoms with E-state index in [0.29, 0.717) is 5.89 Å². The first-order chi connectivity index (χ1) is 8.35. The maximum absolute atomic E-state index is 10.6. The van der Waals surface area contributed by atoms with Crippen LogP contribution in [0.4, 0.5) is 13.2 Å². The molecule has 0 aliphatic carbocycles. The highest BCUT2D eigenvalue weighted by molar-refractivity contribution is 5.88. The molecule has 108 valence electrons. The number of halogens is 3. The Morgan fingerprint density at radius 3 is 1.84 bits per heavy atom. The lowest BCUT2D eigenvalue weighted by atomic mass is 9.97. The van der Waals surface area contributed by atoms with Crippen molar-refractivity contribution in [2.45, 2.75) is 32.4 Å². The van der Waals surface area contributed by atoms with Crippen molar-refractivity contribution in [3.05, 3.63) is 11.7 Å². The number of carbonyl (C=O) groups excluding carboxylic acids is 1. The summed E-state index contributed by atoms with van der Waals surface area (Å²) in [5.74, 6) is -3.09. The summed E-state index contributed by atoms with van der Waals surface area (Å²) in [6.07, 6.45) is -5.08. The molecular weight excluding hydrogens is 271 g/mol. The fraction of sp³-hybridized carbons (Fsp3) is 0.556. The average Bonchev–Trinajstić information content (AvgIpc) is 2.64. The van der Waals surface area contributed by atoms with Crippen LogP contribution < -0.4 is 5.73 Å². The molecule has 0 saturated carbocycles. The number of amides is 1. The van der Waals surface area contributed by atoms with Gasteiger partial charge in [0.05, 0.1) is 0 Å². The summed E-state index contributed by atoms with van der Waals surface area (Å²) in [6.45, 7) is 5.72. The molecule has 0 fully saturated rings. The van der Waals surface area contributed by atoms with Gasteiger partial charge in [0.25, 0.3) is 11.7 Å². The van der Waals surface area contributed by atoms with Crippen molar-refractivity contribution in [3.63, 3.8) is 0 Å². The maximum Gasteiger partial charge on any atom is 0.490 e. The van der Waals surface area contributed by atoms with Crippen LogP contribution in [0.15, 0.2) is 4.52 Å². The fourth-order valence-electron chi connectivity index (χ4n) is 0.628. The van der Waals surface area contributed by atoms with E-state index in [1.54, 1.807) is 0 Å². The summed E-state index contributed by atoms with van der Waals surface area (Å²) in [4.78, 5) is 23.3. The number of primary amides is 1. The molecule has 0 bridgehead atoms. The topological polar surface area (TPSA) is 119 Å². The first-order valence-corrected chi connectivity index (χ1v) is 4.79. The minimum Gasteiger partial charge on any atom is -0.475 e. The molecule has 1 aromatic heterocycles. The molecule has 0 spiro atoms. The molecule has 0 aliphatic heterocycles. The minimum absolute atomic E-state index is 0.0695. The molecule has 1 aromatic rings. The number of nitrogens with zero attached hydrogens (tertiary/aromatic N) is 2. The number of carboxylic acid groups (broad SMARTS) is 1. The van der Waals surface area contributed by atoms with Gasteiger partial charge in [-0.1, -0.05) is 25.9 Å². The SMILES string of the molecule is CC(C)(C)c1nc(C(N)=O)no1.O=C(O)C(F)(F)F. The number of rotatable bonds is 1. The highest BCUT2D eigenvalue weighted by Crippen LogP contribution is 2.19. The summed E-state index contributed by atoms with van der Waals surface area (Å²) in [7, 11) is 0. The van der Waals surface area contributed by atoms with Gasteiger partial charge in [0, 0.05) is 5.41 Å². The lowest BCUT2D eigenvalue weighted by Gasteiger charge is -2.10. The number of aliphatic carboxylic acids is 1.